The van der Waals surface area contributed by atoms with Gasteiger partial charge in [0, 0.05) is 12.1 Å². The number of rotatable bonds is 4. The van der Waals surface area contributed by atoms with Crippen molar-refractivity contribution in [3.8, 4) is 0 Å². The van der Waals surface area contributed by atoms with E-state index in [1.165, 1.54) is 0 Å². The minimum atomic E-state index is -0.0864. The van der Waals surface area contributed by atoms with Crippen molar-refractivity contribution in [3.05, 3.63) is 70.8 Å². The van der Waals surface area contributed by atoms with Crippen LogP contribution in [0.15, 0.2) is 48.5 Å². The molecule has 2 aromatic rings. The first kappa shape index (κ1) is 16.2. The number of benzene rings is 2. The summed E-state index contributed by atoms with van der Waals surface area (Å²) in [5.74, 6) is -0.0849. The monoisotopic (exact) mass is 297 g/mol. The number of carbonyl (C=O) groups excluding carboxylic acids is 1. The molecule has 3 heteroatoms. The SMILES string of the molecule is CC(C)(C)c1ccccc1C(=O)NCc1ccccc1CO. The van der Waals surface area contributed by atoms with E-state index in [1.54, 1.807) is 0 Å². The molecule has 0 aromatic heterocycles. The molecule has 1 amide bonds. The Balaban J connectivity index is 2.17. The highest BCUT2D eigenvalue weighted by Crippen LogP contribution is 2.25. The Hall–Kier alpha value is -2.13. The Morgan fingerprint density at radius 3 is 2.23 bits per heavy atom. The van der Waals surface area contributed by atoms with Gasteiger partial charge in [0.1, 0.15) is 0 Å². The lowest BCUT2D eigenvalue weighted by Crippen LogP contribution is -2.27. The predicted octanol–water partition coefficient (Wildman–Crippen LogP) is 3.41. The molecule has 0 bridgehead atoms. The van der Waals surface area contributed by atoms with Crippen molar-refractivity contribution in [2.75, 3.05) is 0 Å². The second kappa shape index (κ2) is 6.75. The van der Waals surface area contributed by atoms with Crippen LogP contribution in [-0.4, -0.2) is 11.0 Å². The number of nitrogens with one attached hydrogen (secondary N) is 1. The minimum Gasteiger partial charge on any atom is -0.392 e. The van der Waals surface area contributed by atoms with E-state index in [0.29, 0.717) is 12.1 Å². The molecule has 0 saturated heterocycles. The van der Waals surface area contributed by atoms with Crippen molar-refractivity contribution in [3.63, 3.8) is 0 Å². The van der Waals surface area contributed by atoms with Gasteiger partial charge in [0.05, 0.1) is 6.61 Å². The molecular weight excluding hydrogens is 274 g/mol. The molecule has 2 rings (SSSR count). The zero-order valence-electron chi connectivity index (χ0n) is 13.4. The Labute approximate surface area is 132 Å². The molecule has 0 atom stereocenters. The smallest absolute Gasteiger partial charge is 0.251 e. The minimum absolute atomic E-state index is 0.0232. The van der Waals surface area contributed by atoms with Gasteiger partial charge >= 0.3 is 0 Å². The molecule has 0 aliphatic carbocycles. The van der Waals surface area contributed by atoms with Gasteiger partial charge < -0.3 is 10.4 Å². The fourth-order valence-corrected chi connectivity index (χ4v) is 2.49. The summed E-state index contributed by atoms with van der Waals surface area (Å²) in [5, 5.41) is 12.3. The van der Waals surface area contributed by atoms with Crippen LogP contribution in [-0.2, 0) is 18.6 Å². The molecule has 2 aromatic carbocycles. The van der Waals surface area contributed by atoms with Crippen molar-refractivity contribution >= 4 is 5.91 Å². The molecule has 0 heterocycles. The Morgan fingerprint density at radius 2 is 1.59 bits per heavy atom. The van der Waals surface area contributed by atoms with Gasteiger partial charge in [-0.2, -0.15) is 0 Å². The number of carbonyl (C=O) groups is 1. The summed E-state index contributed by atoms with van der Waals surface area (Å²) in [6.07, 6.45) is 0. The molecule has 3 nitrogen and oxygen atoms in total. The summed E-state index contributed by atoms with van der Waals surface area (Å²) in [4.78, 5) is 12.5. The highest BCUT2D eigenvalue weighted by Gasteiger charge is 2.20. The zero-order valence-corrected chi connectivity index (χ0v) is 13.4. The van der Waals surface area contributed by atoms with E-state index < -0.39 is 0 Å². The van der Waals surface area contributed by atoms with E-state index in [4.69, 9.17) is 0 Å². The zero-order chi connectivity index (χ0) is 16.2. The molecule has 0 saturated carbocycles. The van der Waals surface area contributed by atoms with Crippen molar-refractivity contribution in [1.82, 2.24) is 5.32 Å². The van der Waals surface area contributed by atoms with Gasteiger partial charge in [-0.05, 0) is 28.2 Å². The van der Waals surface area contributed by atoms with Crippen molar-refractivity contribution < 1.29 is 9.90 Å². The third kappa shape index (κ3) is 3.74. The summed E-state index contributed by atoms with van der Waals surface area (Å²) >= 11 is 0. The van der Waals surface area contributed by atoms with Gasteiger partial charge in [0.2, 0.25) is 0 Å². The lowest BCUT2D eigenvalue weighted by Gasteiger charge is -2.22. The average molecular weight is 297 g/mol. The summed E-state index contributed by atoms with van der Waals surface area (Å²) in [6.45, 7) is 6.68. The molecule has 2 N–H and O–H groups in total. The molecular formula is C19H23NO2. The third-order valence-electron chi connectivity index (χ3n) is 3.71. The normalized spacial score (nSPS) is 11.3. The van der Waals surface area contributed by atoms with Gasteiger partial charge in [0.25, 0.3) is 5.91 Å². The van der Waals surface area contributed by atoms with Crippen LogP contribution in [0.3, 0.4) is 0 Å². The van der Waals surface area contributed by atoms with Gasteiger partial charge in [-0.3, -0.25) is 4.79 Å². The molecule has 22 heavy (non-hydrogen) atoms. The standard InChI is InChI=1S/C19H23NO2/c1-19(2,3)17-11-7-6-10-16(17)18(22)20-12-14-8-4-5-9-15(14)13-21/h4-11,21H,12-13H2,1-3H3,(H,20,22). The van der Waals surface area contributed by atoms with Crippen LogP contribution in [0.4, 0.5) is 0 Å². The second-order valence-corrected chi connectivity index (χ2v) is 6.41. The number of aliphatic hydroxyl groups excluding tert-OH is 1. The largest absolute Gasteiger partial charge is 0.392 e. The molecule has 0 unspecified atom stereocenters. The van der Waals surface area contributed by atoms with Gasteiger partial charge in [-0.15, -0.1) is 0 Å². The predicted molar refractivity (Wildman–Crippen MR) is 88.7 cm³/mol. The third-order valence-corrected chi connectivity index (χ3v) is 3.71. The van der Waals surface area contributed by atoms with Crippen LogP contribution in [0, 0.1) is 0 Å². The highest BCUT2D eigenvalue weighted by atomic mass is 16.3. The highest BCUT2D eigenvalue weighted by molar-refractivity contribution is 5.96. The van der Waals surface area contributed by atoms with Gasteiger partial charge in [0.15, 0.2) is 0 Å². The Morgan fingerprint density at radius 1 is 1.00 bits per heavy atom. The summed E-state index contributed by atoms with van der Waals surface area (Å²) < 4.78 is 0. The van der Waals surface area contributed by atoms with E-state index in [1.807, 2.05) is 48.5 Å². The number of hydrogen-bond acceptors (Lipinski definition) is 2. The Kier molecular flexibility index (Phi) is 4.99. The van der Waals surface area contributed by atoms with Crippen LogP contribution in [0.25, 0.3) is 0 Å². The summed E-state index contributed by atoms with van der Waals surface area (Å²) in [5.41, 5.74) is 3.43. The quantitative estimate of drug-likeness (QED) is 0.908. The number of hydrogen-bond donors (Lipinski definition) is 2. The van der Waals surface area contributed by atoms with E-state index in [9.17, 15) is 9.90 Å². The molecule has 116 valence electrons. The summed E-state index contributed by atoms with van der Waals surface area (Å²) in [6, 6.07) is 15.3. The van der Waals surface area contributed by atoms with Crippen molar-refractivity contribution in [1.29, 1.82) is 0 Å². The molecule has 0 fully saturated rings. The maximum absolute atomic E-state index is 12.5. The van der Waals surface area contributed by atoms with Crippen LogP contribution in [0.1, 0.15) is 47.8 Å². The summed E-state index contributed by atoms with van der Waals surface area (Å²) in [7, 11) is 0. The van der Waals surface area contributed by atoms with Gasteiger partial charge in [-0.1, -0.05) is 63.2 Å². The van der Waals surface area contributed by atoms with E-state index in [0.717, 1.165) is 16.7 Å². The molecule has 0 aliphatic heterocycles. The van der Waals surface area contributed by atoms with Gasteiger partial charge in [-0.25, -0.2) is 0 Å². The van der Waals surface area contributed by atoms with E-state index in [-0.39, 0.29) is 17.9 Å². The van der Waals surface area contributed by atoms with E-state index in [2.05, 4.69) is 26.1 Å². The first-order valence-corrected chi connectivity index (χ1v) is 7.49. The topological polar surface area (TPSA) is 49.3 Å². The van der Waals surface area contributed by atoms with Crippen LogP contribution < -0.4 is 5.32 Å². The average Bonchev–Trinajstić information content (AvgIpc) is 2.52. The fourth-order valence-electron chi connectivity index (χ4n) is 2.49. The number of aliphatic hydroxyl groups is 1. The maximum Gasteiger partial charge on any atom is 0.251 e. The lowest BCUT2D eigenvalue weighted by atomic mass is 9.83. The van der Waals surface area contributed by atoms with E-state index >= 15 is 0 Å². The molecule has 0 spiro atoms. The first-order valence-electron chi connectivity index (χ1n) is 7.49. The van der Waals surface area contributed by atoms with Crippen LogP contribution in [0.2, 0.25) is 0 Å². The molecule has 0 radical (unpaired) electrons. The Bertz CT molecular complexity index is 656. The second-order valence-electron chi connectivity index (χ2n) is 6.41. The number of amides is 1. The lowest BCUT2D eigenvalue weighted by molar-refractivity contribution is 0.0948. The first-order chi connectivity index (χ1) is 10.4. The van der Waals surface area contributed by atoms with Crippen molar-refractivity contribution in [2.24, 2.45) is 0 Å². The van der Waals surface area contributed by atoms with Crippen molar-refractivity contribution in [2.45, 2.75) is 39.3 Å². The van der Waals surface area contributed by atoms with Crippen LogP contribution >= 0.6 is 0 Å². The fraction of sp³-hybridized carbons (Fsp3) is 0.316. The maximum atomic E-state index is 12.5. The molecule has 0 aliphatic rings. The van der Waals surface area contributed by atoms with Crippen LogP contribution in [0.5, 0.6) is 0 Å².